The number of aromatic nitrogens is 1. The summed E-state index contributed by atoms with van der Waals surface area (Å²) in [6, 6.07) is 11.9. The van der Waals surface area contributed by atoms with Gasteiger partial charge in [0.05, 0.1) is 6.61 Å². The number of hydrogen-bond donors (Lipinski definition) is 1. The van der Waals surface area contributed by atoms with Crippen LogP contribution >= 0.6 is 11.3 Å². The molecule has 0 spiro atoms. The largest absolute Gasteiger partial charge is 0.492 e. The molecule has 1 amide bonds. The molecule has 0 bridgehead atoms. The number of ether oxygens (including phenoxy) is 1. The molecule has 9 heteroatoms. The number of carbonyl (C=O) groups is 1. The van der Waals surface area contributed by atoms with E-state index in [9.17, 15) is 13.2 Å². The second-order valence-electron chi connectivity index (χ2n) is 7.88. The molecule has 1 aliphatic heterocycles. The molecule has 0 atom stereocenters. The van der Waals surface area contributed by atoms with Gasteiger partial charge in [-0.3, -0.25) is 4.79 Å². The first-order valence-electron chi connectivity index (χ1n) is 11.0. The van der Waals surface area contributed by atoms with Crippen molar-refractivity contribution in [3.8, 4) is 16.3 Å². The van der Waals surface area contributed by atoms with Gasteiger partial charge in [0.2, 0.25) is 10.0 Å². The summed E-state index contributed by atoms with van der Waals surface area (Å²) in [4.78, 5) is 17.4. The van der Waals surface area contributed by atoms with Crippen molar-refractivity contribution in [1.29, 1.82) is 0 Å². The monoisotopic (exact) mass is 485 g/mol. The van der Waals surface area contributed by atoms with Crippen molar-refractivity contribution in [3.05, 3.63) is 59.1 Å². The van der Waals surface area contributed by atoms with Crippen LogP contribution in [0.1, 0.15) is 42.2 Å². The molecular formula is C24H27N3O4S2. The Hall–Kier alpha value is -2.75. The van der Waals surface area contributed by atoms with Crippen molar-refractivity contribution in [2.24, 2.45) is 0 Å². The van der Waals surface area contributed by atoms with Gasteiger partial charge in [-0.15, -0.1) is 11.3 Å². The summed E-state index contributed by atoms with van der Waals surface area (Å²) in [6.07, 6.45) is 2.72. The molecule has 0 aliphatic carbocycles. The zero-order valence-corrected chi connectivity index (χ0v) is 20.3. The molecule has 2 heterocycles. The van der Waals surface area contributed by atoms with E-state index in [4.69, 9.17) is 4.74 Å². The standard InChI is InChI=1S/C24H27N3O4S2/c1-3-31-21-12-11-20(15-22(21)33(29,30)27-13-5-4-6-14-27)26-23(28)18-7-9-19(10-8-18)24-25-17(2)16-32-24/h7-12,15-16H,3-6,13-14H2,1-2H3,(H,26,28). The number of piperidine rings is 1. The molecule has 4 rings (SSSR count). The third-order valence-corrected chi connectivity index (χ3v) is 8.38. The maximum Gasteiger partial charge on any atom is 0.255 e. The Labute approximate surface area is 198 Å². The Morgan fingerprint density at radius 2 is 1.85 bits per heavy atom. The van der Waals surface area contributed by atoms with E-state index < -0.39 is 10.0 Å². The molecule has 33 heavy (non-hydrogen) atoms. The second kappa shape index (κ2) is 10.0. The van der Waals surface area contributed by atoms with E-state index in [2.05, 4.69) is 10.3 Å². The van der Waals surface area contributed by atoms with Gasteiger partial charge >= 0.3 is 0 Å². The third-order valence-electron chi connectivity index (χ3n) is 5.45. The second-order valence-corrected chi connectivity index (χ2v) is 10.6. The van der Waals surface area contributed by atoms with Crippen LogP contribution in [0.3, 0.4) is 0 Å². The fourth-order valence-corrected chi connectivity index (χ4v) is 6.24. The van der Waals surface area contributed by atoms with Crippen LogP contribution in [0.5, 0.6) is 5.75 Å². The maximum absolute atomic E-state index is 13.3. The fourth-order valence-electron chi connectivity index (χ4n) is 3.76. The number of carbonyl (C=O) groups excluding carboxylic acids is 1. The number of nitrogens with one attached hydrogen (secondary N) is 1. The Morgan fingerprint density at radius 3 is 2.48 bits per heavy atom. The number of amides is 1. The molecule has 0 radical (unpaired) electrons. The van der Waals surface area contributed by atoms with Crippen molar-refractivity contribution in [2.75, 3.05) is 25.0 Å². The first-order valence-corrected chi connectivity index (χ1v) is 13.3. The highest BCUT2D eigenvalue weighted by molar-refractivity contribution is 7.89. The van der Waals surface area contributed by atoms with Gasteiger partial charge in [0.1, 0.15) is 15.7 Å². The van der Waals surface area contributed by atoms with Crippen molar-refractivity contribution in [2.45, 2.75) is 38.0 Å². The van der Waals surface area contributed by atoms with E-state index in [-0.39, 0.29) is 10.8 Å². The van der Waals surface area contributed by atoms with E-state index in [0.29, 0.717) is 36.7 Å². The lowest BCUT2D eigenvalue weighted by Gasteiger charge is -2.27. The lowest BCUT2D eigenvalue weighted by atomic mass is 10.1. The van der Waals surface area contributed by atoms with Gasteiger partial charge in [-0.2, -0.15) is 4.31 Å². The minimum Gasteiger partial charge on any atom is -0.492 e. The van der Waals surface area contributed by atoms with Crippen LogP contribution in [0.25, 0.3) is 10.6 Å². The first kappa shape index (κ1) is 23.4. The van der Waals surface area contributed by atoms with Gasteiger partial charge in [-0.05, 0) is 57.0 Å². The van der Waals surface area contributed by atoms with E-state index in [1.54, 1.807) is 35.6 Å². The molecule has 1 aliphatic rings. The summed E-state index contributed by atoms with van der Waals surface area (Å²) >= 11 is 1.56. The number of thiazole rings is 1. The lowest BCUT2D eigenvalue weighted by molar-refractivity contribution is 0.102. The number of nitrogens with zero attached hydrogens (tertiary/aromatic N) is 2. The van der Waals surface area contributed by atoms with E-state index in [1.807, 2.05) is 31.4 Å². The maximum atomic E-state index is 13.3. The van der Waals surface area contributed by atoms with Gasteiger partial charge in [0, 0.05) is 41.0 Å². The fraction of sp³-hybridized carbons (Fsp3) is 0.333. The van der Waals surface area contributed by atoms with E-state index in [1.165, 1.54) is 10.4 Å². The number of benzene rings is 2. The van der Waals surface area contributed by atoms with Gasteiger partial charge in [-0.25, -0.2) is 13.4 Å². The zero-order chi connectivity index (χ0) is 23.4. The molecule has 0 saturated carbocycles. The Kier molecular flexibility index (Phi) is 7.11. The van der Waals surface area contributed by atoms with Crippen LogP contribution in [0.15, 0.2) is 52.7 Å². The SMILES string of the molecule is CCOc1ccc(NC(=O)c2ccc(-c3nc(C)cs3)cc2)cc1S(=O)(=O)N1CCCCC1. The number of anilines is 1. The molecule has 1 saturated heterocycles. The quantitative estimate of drug-likeness (QED) is 0.512. The topological polar surface area (TPSA) is 88.6 Å². The average molecular weight is 486 g/mol. The predicted molar refractivity (Wildman–Crippen MR) is 130 cm³/mol. The molecule has 2 aromatic carbocycles. The minimum absolute atomic E-state index is 0.0820. The Morgan fingerprint density at radius 1 is 1.12 bits per heavy atom. The van der Waals surface area contributed by atoms with Crippen LogP contribution in [-0.4, -0.2) is 43.3 Å². The van der Waals surface area contributed by atoms with Crippen molar-refractivity contribution in [3.63, 3.8) is 0 Å². The first-order chi connectivity index (χ1) is 15.9. The number of rotatable bonds is 7. The lowest BCUT2D eigenvalue weighted by Crippen LogP contribution is -2.35. The average Bonchev–Trinajstić information content (AvgIpc) is 3.27. The van der Waals surface area contributed by atoms with Gasteiger partial charge in [0.25, 0.3) is 5.91 Å². The summed E-state index contributed by atoms with van der Waals surface area (Å²) in [5.74, 6) is -0.0217. The summed E-state index contributed by atoms with van der Waals surface area (Å²) < 4.78 is 33.7. The van der Waals surface area contributed by atoms with Crippen LogP contribution in [-0.2, 0) is 10.0 Å². The third kappa shape index (κ3) is 5.26. The molecular weight excluding hydrogens is 458 g/mol. The zero-order valence-electron chi connectivity index (χ0n) is 18.7. The highest BCUT2D eigenvalue weighted by Crippen LogP contribution is 2.32. The number of hydrogen-bond acceptors (Lipinski definition) is 6. The van der Waals surface area contributed by atoms with Crippen molar-refractivity contribution < 1.29 is 17.9 Å². The smallest absolute Gasteiger partial charge is 0.255 e. The van der Waals surface area contributed by atoms with Gasteiger partial charge in [-0.1, -0.05) is 18.6 Å². The summed E-state index contributed by atoms with van der Waals surface area (Å²) in [7, 11) is -3.72. The van der Waals surface area contributed by atoms with Crippen molar-refractivity contribution >= 4 is 33.0 Å². The molecule has 174 valence electrons. The van der Waals surface area contributed by atoms with Gasteiger partial charge < -0.3 is 10.1 Å². The molecule has 1 aromatic heterocycles. The molecule has 1 fully saturated rings. The number of aryl methyl sites for hydroxylation is 1. The summed E-state index contributed by atoms with van der Waals surface area (Å²) in [6.45, 7) is 5.09. The molecule has 0 unspecified atom stereocenters. The predicted octanol–water partition coefficient (Wildman–Crippen LogP) is 4.94. The van der Waals surface area contributed by atoms with Crippen LogP contribution < -0.4 is 10.1 Å². The number of sulfonamides is 1. The normalized spacial score (nSPS) is 14.7. The Balaban J connectivity index is 1.56. The van der Waals surface area contributed by atoms with Crippen LogP contribution in [0, 0.1) is 6.92 Å². The summed E-state index contributed by atoms with van der Waals surface area (Å²) in [5, 5.41) is 5.70. The summed E-state index contributed by atoms with van der Waals surface area (Å²) in [5.41, 5.74) is 2.78. The van der Waals surface area contributed by atoms with Crippen molar-refractivity contribution in [1.82, 2.24) is 9.29 Å². The molecule has 7 nitrogen and oxygen atoms in total. The van der Waals surface area contributed by atoms with Crippen LogP contribution in [0.4, 0.5) is 5.69 Å². The molecule has 1 N–H and O–H groups in total. The van der Waals surface area contributed by atoms with E-state index >= 15 is 0 Å². The van der Waals surface area contributed by atoms with Gasteiger partial charge in [0.15, 0.2) is 0 Å². The highest BCUT2D eigenvalue weighted by atomic mass is 32.2. The Bertz CT molecular complexity index is 1230. The van der Waals surface area contributed by atoms with Crippen LogP contribution in [0.2, 0.25) is 0 Å². The molecule has 3 aromatic rings. The minimum atomic E-state index is -3.72. The van der Waals surface area contributed by atoms with E-state index in [0.717, 1.165) is 35.5 Å². The highest BCUT2D eigenvalue weighted by Gasteiger charge is 2.29.